The number of nitrogens with one attached hydrogen (secondary N) is 2. The first-order chi connectivity index (χ1) is 25.0. The highest BCUT2D eigenvalue weighted by atomic mass is 32.1. The number of alkyl halides is 6. The number of carboxylic acids is 1. The Morgan fingerprint density at radius 3 is 1.64 bits per heavy atom. The Bertz CT molecular complexity index is 2350. The van der Waals surface area contributed by atoms with E-state index >= 15 is 0 Å². The second-order valence-electron chi connectivity index (χ2n) is 11.1. The van der Waals surface area contributed by atoms with E-state index in [2.05, 4.69) is 10.9 Å². The van der Waals surface area contributed by atoms with Gasteiger partial charge in [-0.1, -0.05) is 30.3 Å². The zero-order chi connectivity index (χ0) is 38.2. The van der Waals surface area contributed by atoms with Crippen LogP contribution in [0.3, 0.4) is 0 Å². The number of nitrogens with zero attached hydrogens (tertiary/aromatic N) is 2. The van der Waals surface area contributed by atoms with Crippen LogP contribution in [0.5, 0.6) is 0 Å². The number of thiophene rings is 2. The fourth-order valence-electron chi connectivity index (χ4n) is 5.02. The van der Waals surface area contributed by atoms with Crippen molar-refractivity contribution in [3.8, 4) is 0 Å². The Morgan fingerprint density at radius 1 is 0.660 bits per heavy atom. The second kappa shape index (κ2) is 14.0. The van der Waals surface area contributed by atoms with Crippen molar-refractivity contribution in [1.29, 1.82) is 0 Å². The number of rotatable bonds is 5. The third-order valence-electron chi connectivity index (χ3n) is 7.53. The second-order valence-corrected chi connectivity index (χ2v) is 13.2. The molecule has 2 fully saturated rings. The number of halogens is 6. The van der Waals surface area contributed by atoms with Crippen LogP contribution >= 0.6 is 22.7 Å². The summed E-state index contributed by atoms with van der Waals surface area (Å²) in [5.41, 5.74) is 2.03. The molecule has 18 heteroatoms. The lowest BCUT2D eigenvalue weighted by Gasteiger charge is -2.16. The minimum absolute atomic E-state index is 0.00226. The van der Waals surface area contributed by atoms with Crippen LogP contribution in [0.1, 0.15) is 31.2 Å². The number of hydrogen-bond donors (Lipinski definition) is 3. The number of carbonyl (C=O) groups excluding carboxylic acids is 4. The predicted molar refractivity (Wildman–Crippen MR) is 183 cm³/mol. The molecule has 2 aromatic heterocycles. The zero-order valence-corrected chi connectivity index (χ0v) is 27.9. The Morgan fingerprint density at radius 2 is 1.17 bits per heavy atom. The molecule has 270 valence electrons. The zero-order valence-electron chi connectivity index (χ0n) is 26.3. The van der Waals surface area contributed by atoms with Crippen LogP contribution < -0.4 is 20.9 Å². The lowest BCUT2D eigenvalue weighted by Crippen LogP contribution is -2.35. The molecule has 0 radical (unpaired) electrons. The van der Waals surface area contributed by atoms with Crippen LogP contribution in [-0.4, -0.2) is 34.7 Å². The Labute approximate surface area is 301 Å². The molecule has 2 saturated heterocycles. The summed E-state index contributed by atoms with van der Waals surface area (Å²) in [4.78, 5) is 61.2. The van der Waals surface area contributed by atoms with Gasteiger partial charge in [-0.3, -0.25) is 30.0 Å². The molecule has 0 unspecified atom stereocenters. The quantitative estimate of drug-likeness (QED) is 0.0975. The molecule has 0 spiro atoms. The van der Waals surface area contributed by atoms with Crippen LogP contribution in [0, 0.1) is 0 Å². The van der Waals surface area contributed by atoms with Gasteiger partial charge < -0.3 is 5.11 Å². The van der Waals surface area contributed by atoms with Crippen molar-refractivity contribution in [3.05, 3.63) is 128 Å². The summed E-state index contributed by atoms with van der Waals surface area (Å²) < 4.78 is 78.1. The van der Waals surface area contributed by atoms with E-state index < -0.39 is 53.1 Å². The van der Waals surface area contributed by atoms with Gasteiger partial charge in [-0.25, -0.2) is 14.8 Å². The van der Waals surface area contributed by atoms with Crippen LogP contribution in [0.4, 0.5) is 37.7 Å². The van der Waals surface area contributed by atoms with E-state index in [9.17, 15) is 50.3 Å². The van der Waals surface area contributed by atoms with Crippen molar-refractivity contribution >= 4 is 85.9 Å². The summed E-state index contributed by atoms with van der Waals surface area (Å²) in [6, 6.07) is 19.0. The van der Waals surface area contributed by atoms with Crippen LogP contribution in [0.15, 0.2) is 101 Å². The summed E-state index contributed by atoms with van der Waals surface area (Å²) in [5, 5.41) is 12.8. The van der Waals surface area contributed by atoms with Gasteiger partial charge in [-0.15, -0.1) is 22.7 Å². The summed E-state index contributed by atoms with van der Waals surface area (Å²) in [5.74, 6) is -4.14. The van der Waals surface area contributed by atoms with Gasteiger partial charge in [0.05, 0.1) is 28.1 Å². The molecular formula is C35H20F6N4O6S2. The van der Waals surface area contributed by atoms with E-state index in [1.165, 1.54) is 53.1 Å². The molecule has 2 aliphatic heterocycles. The SMILES string of the molecule is O=C1NN(c2cccc(C(F)(F)F)c2)C(=O)C1=Cc1cc(C(=O)O)cs1.O=C1NN(c2cccc(C(F)(F)F)c2)C(=O)C1=Cc1cc2ccccc2s1. The number of benzene rings is 3. The smallest absolute Gasteiger partial charge is 0.416 e. The first-order valence-electron chi connectivity index (χ1n) is 14.9. The maximum Gasteiger partial charge on any atom is 0.416 e. The van der Waals surface area contributed by atoms with Crippen molar-refractivity contribution in [2.45, 2.75) is 12.4 Å². The van der Waals surface area contributed by atoms with E-state index in [1.807, 2.05) is 30.3 Å². The van der Waals surface area contributed by atoms with Crippen LogP contribution in [0.2, 0.25) is 0 Å². The largest absolute Gasteiger partial charge is 0.478 e. The Kier molecular flexibility index (Phi) is 9.67. The number of carboxylic acid groups (broad SMARTS) is 1. The highest BCUT2D eigenvalue weighted by Crippen LogP contribution is 2.34. The summed E-state index contributed by atoms with van der Waals surface area (Å²) in [6.45, 7) is 0. The molecule has 3 N–H and O–H groups in total. The van der Waals surface area contributed by atoms with E-state index in [1.54, 1.807) is 0 Å². The summed E-state index contributed by atoms with van der Waals surface area (Å²) in [7, 11) is 0. The standard InChI is InChI=1S/C19H11F3N2O2S.C16H9F3N2O4S/c20-19(21,22)12-5-3-6-13(9-12)24-18(26)15(17(25)23-24)10-14-8-11-4-1-2-7-16(11)27-14;17-16(18,19)9-2-1-3-10(5-9)21-14(23)12(13(22)20-21)6-11-4-8(7-26-11)15(24)25/h1-10H,(H,23,25);1-7H,(H,20,22)(H,24,25). The number of hydrazine groups is 2. The molecule has 0 aliphatic carbocycles. The Hall–Kier alpha value is -6.27. The minimum Gasteiger partial charge on any atom is -0.478 e. The van der Waals surface area contributed by atoms with Gasteiger partial charge in [-0.2, -0.15) is 26.3 Å². The van der Waals surface area contributed by atoms with Crippen LogP contribution in [-0.2, 0) is 31.5 Å². The molecule has 2 aliphatic rings. The number of carbonyl (C=O) groups is 5. The lowest BCUT2D eigenvalue weighted by molar-refractivity contribution is -0.138. The van der Waals surface area contributed by atoms with Crippen LogP contribution in [0.25, 0.3) is 22.2 Å². The lowest BCUT2D eigenvalue weighted by atomic mass is 10.1. The monoisotopic (exact) mass is 770 g/mol. The van der Waals surface area contributed by atoms with Crippen molar-refractivity contribution in [2.24, 2.45) is 0 Å². The molecule has 0 bridgehead atoms. The van der Waals surface area contributed by atoms with E-state index in [4.69, 9.17) is 5.11 Å². The van der Waals surface area contributed by atoms with Gasteiger partial charge >= 0.3 is 18.3 Å². The average molecular weight is 771 g/mol. The van der Waals surface area contributed by atoms with Crippen molar-refractivity contribution in [2.75, 3.05) is 10.0 Å². The number of hydrogen-bond acceptors (Lipinski definition) is 7. The topological polar surface area (TPSA) is 136 Å². The average Bonchev–Trinajstić information content (AvgIpc) is 3.88. The Balaban J connectivity index is 0.000000182. The van der Waals surface area contributed by atoms with Gasteiger partial charge in [0.15, 0.2) is 0 Å². The van der Waals surface area contributed by atoms with E-state index in [0.717, 1.165) is 61.8 Å². The maximum absolute atomic E-state index is 12.9. The van der Waals surface area contributed by atoms with Gasteiger partial charge in [0.1, 0.15) is 11.1 Å². The first kappa shape index (κ1) is 36.5. The molecular weight excluding hydrogens is 751 g/mol. The number of aromatic carboxylic acids is 1. The number of anilines is 2. The van der Waals surface area contributed by atoms with Crippen molar-refractivity contribution in [3.63, 3.8) is 0 Å². The highest BCUT2D eigenvalue weighted by molar-refractivity contribution is 7.19. The third-order valence-corrected chi connectivity index (χ3v) is 9.47. The molecule has 3 aromatic carbocycles. The fraction of sp³-hybridized carbons (Fsp3) is 0.0571. The number of amides is 4. The summed E-state index contributed by atoms with van der Waals surface area (Å²) in [6.07, 6.45) is -6.48. The van der Waals surface area contributed by atoms with Gasteiger partial charge in [0.2, 0.25) is 0 Å². The molecule has 53 heavy (non-hydrogen) atoms. The third kappa shape index (κ3) is 7.82. The van der Waals surface area contributed by atoms with Gasteiger partial charge in [0.25, 0.3) is 23.6 Å². The van der Waals surface area contributed by atoms with Crippen molar-refractivity contribution in [1.82, 2.24) is 10.9 Å². The minimum atomic E-state index is -4.59. The summed E-state index contributed by atoms with van der Waals surface area (Å²) >= 11 is 2.43. The molecule has 10 nitrogen and oxygen atoms in total. The molecule has 0 saturated carbocycles. The molecule has 4 amide bonds. The molecule has 4 heterocycles. The molecule has 0 atom stereocenters. The van der Waals surface area contributed by atoms with E-state index in [-0.39, 0.29) is 28.1 Å². The van der Waals surface area contributed by atoms with Gasteiger partial charge in [-0.05, 0) is 72.1 Å². The fourth-order valence-corrected chi connectivity index (χ4v) is 6.84. The predicted octanol–water partition coefficient (Wildman–Crippen LogP) is 7.31. The van der Waals surface area contributed by atoms with E-state index in [0.29, 0.717) is 9.75 Å². The highest BCUT2D eigenvalue weighted by Gasteiger charge is 2.38. The normalized spacial score (nSPS) is 16.3. The maximum atomic E-state index is 12.9. The number of fused-ring (bicyclic) bond motifs is 1. The first-order valence-corrected chi connectivity index (χ1v) is 16.6. The molecule has 5 aromatic rings. The van der Waals surface area contributed by atoms with Crippen molar-refractivity contribution < 1.29 is 55.4 Å². The van der Waals surface area contributed by atoms with Gasteiger partial charge in [0, 0.05) is 19.8 Å². The molecule has 7 rings (SSSR count).